The number of rotatable bonds is 29. The number of hydrogen-bond donors (Lipinski definition) is 0. The van der Waals surface area contributed by atoms with Crippen LogP contribution >= 0.6 is 0 Å². The molecule has 0 heterocycles. The van der Waals surface area contributed by atoms with Gasteiger partial charge in [0.2, 0.25) is 0 Å². The molecule has 0 aromatic heterocycles. The standard InChI is InChI=1S/C33H64O4/c1-4-7-9-21-25-29-36-32(34)28-24-20-18-16-14-12-11-13-15-17-19-23-27-31(6-3)33(35)37-30-26-22-10-8-5-2/h31H,4-30H2,1-3H3. The Hall–Kier alpha value is -1.06. The SMILES string of the molecule is CCCCCCCOC(=O)CCCCCCCCCCCCCCC(CC)C(=O)OCCCCCCC. The summed E-state index contributed by atoms with van der Waals surface area (Å²) in [5.41, 5.74) is 0. The van der Waals surface area contributed by atoms with Crippen molar-refractivity contribution in [3.63, 3.8) is 0 Å². The van der Waals surface area contributed by atoms with Crippen molar-refractivity contribution in [3.8, 4) is 0 Å². The Morgan fingerprint density at radius 1 is 0.486 bits per heavy atom. The maximum absolute atomic E-state index is 12.3. The van der Waals surface area contributed by atoms with Gasteiger partial charge in [-0.15, -0.1) is 0 Å². The number of ether oxygens (including phenoxy) is 2. The summed E-state index contributed by atoms with van der Waals surface area (Å²) in [6.45, 7) is 7.75. The van der Waals surface area contributed by atoms with Crippen molar-refractivity contribution in [2.45, 2.75) is 181 Å². The third-order valence-electron chi connectivity index (χ3n) is 7.51. The molecule has 0 aliphatic rings. The highest BCUT2D eigenvalue weighted by Crippen LogP contribution is 2.18. The van der Waals surface area contributed by atoms with Crippen molar-refractivity contribution in [1.29, 1.82) is 0 Å². The van der Waals surface area contributed by atoms with Crippen LogP contribution in [0, 0.1) is 5.92 Å². The van der Waals surface area contributed by atoms with Gasteiger partial charge >= 0.3 is 11.9 Å². The molecule has 1 unspecified atom stereocenters. The Bertz CT molecular complexity index is 491. The molecule has 4 heteroatoms. The monoisotopic (exact) mass is 524 g/mol. The molecule has 4 nitrogen and oxygen atoms in total. The lowest BCUT2D eigenvalue weighted by Gasteiger charge is -2.14. The first-order valence-electron chi connectivity index (χ1n) is 16.5. The lowest BCUT2D eigenvalue weighted by Crippen LogP contribution is -2.17. The van der Waals surface area contributed by atoms with Crippen LogP contribution in [-0.4, -0.2) is 25.2 Å². The Kier molecular flexibility index (Phi) is 28.7. The van der Waals surface area contributed by atoms with E-state index < -0.39 is 0 Å². The van der Waals surface area contributed by atoms with Gasteiger partial charge < -0.3 is 9.47 Å². The van der Waals surface area contributed by atoms with Crippen molar-refractivity contribution in [2.75, 3.05) is 13.2 Å². The fourth-order valence-corrected chi connectivity index (χ4v) is 4.88. The van der Waals surface area contributed by atoms with E-state index in [1.807, 2.05) is 0 Å². The fraction of sp³-hybridized carbons (Fsp3) is 0.939. The zero-order valence-corrected chi connectivity index (χ0v) is 25.3. The minimum atomic E-state index is -0.00574. The summed E-state index contributed by atoms with van der Waals surface area (Å²) in [5, 5.41) is 0. The molecule has 0 saturated heterocycles. The Labute approximate surface area is 231 Å². The highest BCUT2D eigenvalue weighted by Gasteiger charge is 2.17. The Morgan fingerprint density at radius 3 is 1.38 bits per heavy atom. The smallest absolute Gasteiger partial charge is 0.308 e. The van der Waals surface area contributed by atoms with Gasteiger partial charge in [-0.3, -0.25) is 9.59 Å². The minimum Gasteiger partial charge on any atom is -0.466 e. The van der Waals surface area contributed by atoms with Crippen LogP contribution in [0.5, 0.6) is 0 Å². The van der Waals surface area contributed by atoms with Crippen molar-refractivity contribution in [3.05, 3.63) is 0 Å². The first kappa shape index (κ1) is 35.9. The van der Waals surface area contributed by atoms with Gasteiger partial charge in [0.15, 0.2) is 0 Å². The lowest BCUT2D eigenvalue weighted by atomic mass is 9.97. The molecule has 0 radical (unpaired) electrons. The molecule has 1 atom stereocenters. The molecule has 0 saturated carbocycles. The second-order valence-corrected chi connectivity index (χ2v) is 11.1. The van der Waals surface area contributed by atoms with Gasteiger partial charge in [-0.2, -0.15) is 0 Å². The zero-order valence-electron chi connectivity index (χ0n) is 25.3. The van der Waals surface area contributed by atoms with Crippen LogP contribution < -0.4 is 0 Å². The van der Waals surface area contributed by atoms with Crippen LogP contribution in [0.3, 0.4) is 0 Å². The summed E-state index contributed by atoms with van der Waals surface area (Å²) < 4.78 is 10.8. The van der Waals surface area contributed by atoms with Gasteiger partial charge in [0.05, 0.1) is 19.1 Å². The summed E-state index contributed by atoms with van der Waals surface area (Å²) >= 11 is 0. The van der Waals surface area contributed by atoms with Crippen LogP contribution in [0.25, 0.3) is 0 Å². The Morgan fingerprint density at radius 2 is 0.892 bits per heavy atom. The van der Waals surface area contributed by atoms with Crippen molar-refractivity contribution >= 4 is 11.9 Å². The van der Waals surface area contributed by atoms with Crippen molar-refractivity contribution in [1.82, 2.24) is 0 Å². The summed E-state index contributed by atoms with van der Waals surface area (Å²) in [6, 6.07) is 0. The predicted octanol–water partition coefficient (Wildman–Crippen LogP) is 10.5. The molecule has 0 aliphatic heterocycles. The highest BCUT2D eigenvalue weighted by molar-refractivity contribution is 5.72. The first-order chi connectivity index (χ1) is 18.2. The largest absolute Gasteiger partial charge is 0.466 e. The van der Waals surface area contributed by atoms with Crippen LogP contribution in [0.4, 0.5) is 0 Å². The molecule has 0 N–H and O–H groups in total. The molecule has 0 aromatic rings. The van der Waals surface area contributed by atoms with E-state index in [1.165, 1.54) is 109 Å². The predicted molar refractivity (Wildman–Crippen MR) is 158 cm³/mol. The maximum Gasteiger partial charge on any atom is 0.308 e. The number of esters is 2. The van der Waals surface area contributed by atoms with Gasteiger partial charge in [0, 0.05) is 6.42 Å². The maximum atomic E-state index is 12.3. The van der Waals surface area contributed by atoms with Crippen LogP contribution in [-0.2, 0) is 19.1 Å². The molecular weight excluding hydrogens is 460 g/mol. The lowest BCUT2D eigenvalue weighted by molar-refractivity contribution is -0.149. The first-order valence-corrected chi connectivity index (χ1v) is 16.5. The van der Waals surface area contributed by atoms with Gasteiger partial charge in [-0.25, -0.2) is 0 Å². The van der Waals surface area contributed by atoms with E-state index in [0.29, 0.717) is 19.6 Å². The summed E-state index contributed by atoms with van der Waals surface area (Å²) in [7, 11) is 0. The molecule has 0 aliphatic carbocycles. The van der Waals surface area contributed by atoms with E-state index in [4.69, 9.17) is 9.47 Å². The second kappa shape index (κ2) is 29.5. The average Bonchev–Trinajstić information content (AvgIpc) is 2.90. The molecule has 0 bridgehead atoms. The topological polar surface area (TPSA) is 52.6 Å². The fourth-order valence-electron chi connectivity index (χ4n) is 4.88. The van der Waals surface area contributed by atoms with Crippen molar-refractivity contribution < 1.29 is 19.1 Å². The summed E-state index contributed by atoms with van der Waals surface area (Å²) in [4.78, 5) is 24.0. The minimum absolute atomic E-state index is 0.00574. The number of carbonyl (C=O) groups excluding carboxylic acids is 2. The van der Waals surface area contributed by atoms with Gasteiger partial charge in [-0.1, -0.05) is 143 Å². The molecule has 0 aromatic carbocycles. The van der Waals surface area contributed by atoms with Crippen molar-refractivity contribution in [2.24, 2.45) is 5.92 Å². The number of carbonyl (C=O) groups is 2. The van der Waals surface area contributed by atoms with Gasteiger partial charge in [-0.05, 0) is 32.1 Å². The highest BCUT2D eigenvalue weighted by atomic mass is 16.5. The molecular formula is C33H64O4. The van der Waals surface area contributed by atoms with E-state index in [2.05, 4.69) is 20.8 Å². The number of hydrogen-bond acceptors (Lipinski definition) is 4. The molecule has 220 valence electrons. The molecule has 0 rings (SSSR count). The molecule has 0 fully saturated rings. The van der Waals surface area contributed by atoms with Crippen LogP contribution in [0.2, 0.25) is 0 Å². The summed E-state index contributed by atoms with van der Waals surface area (Å²) in [5.74, 6) is 0.126. The quantitative estimate of drug-likeness (QED) is 0.0721. The second-order valence-electron chi connectivity index (χ2n) is 11.1. The molecule has 37 heavy (non-hydrogen) atoms. The third-order valence-corrected chi connectivity index (χ3v) is 7.51. The Balaban J connectivity index is 3.39. The van der Waals surface area contributed by atoms with E-state index >= 15 is 0 Å². The zero-order chi connectivity index (χ0) is 27.2. The summed E-state index contributed by atoms with van der Waals surface area (Å²) in [6.07, 6.45) is 29.4. The van der Waals surface area contributed by atoms with E-state index in [-0.39, 0.29) is 17.9 Å². The van der Waals surface area contributed by atoms with E-state index in [0.717, 1.165) is 44.9 Å². The normalized spacial score (nSPS) is 12.0. The molecule has 0 amide bonds. The average molecular weight is 525 g/mol. The van der Waals surface area contributed by atoms with E-state index in [9.17, 15) is 9.59 Å². The van der Waals surface area contributed by atoms with Gasteiger partial charge in [0.1, 0.15) is 0 Å². The third kappa shape index (κ3) is 26.3. The van der Waals surface area contributed by atoms with E-state index in [1.54, 1.807) is 0 Å². The van der Waals surface area contributed by atoms with Crippen LogP contribution in [0.15, 0.2) is 0 Å². The number of unbranched alkanes of at least 4 members (excludes halogenated alkanes) is 19. The molecule has 0 spiro atoms. The van der Waals surface area contributed by atoms with Crippen LogP contribution in [0.1, 0.15) is 181 Å². The van der Waals surface area contributed by atoms with Gasteiger partial charge in [0.25, 0.3) is 0 Å².